The minimum atomic E-state index is 0.297. The smallest absolute Gasteiger partial charge is 0.0252 e. The zero-order valence-electron chi connectivity index (χ0n) is 9.97. The molecule has 1 aliphatic heterocycles. The topological polar surface area (TPSA) is 15.3 Å². The van der Waals surface area contributed by atoms with Gasteiger partial charge in [0.25, 0.3) is 0 Å². The summed E-state index contributed by atoms with van der Waals surface area (Å²) < 4.78 is 0. The van der Waals surface area contributed by atoms with Gasteiger partial charge < -0.3 is 5.32 Å². The number of thioether (sulfide) groups is 1. The van der Waals surface area contributed by atoms with Crippen LogP contribution in [-0.4, -0.2) is 48.1 Å². The van der Waals surface area contributed by atoms with E-state index in [0.717, 1.165) is 6.54 Å². The van der Waals surface area contributed by atoms with Crippen LogP contribution in [0.15, 0.2) is 0 Å². The van der Waals surface area contributed by atoms with Crippen LogP contribution >= 0.6 is 11.8 Å². The Bertz CT molecular complexity index is 171. The van der Waals surface area contributed by atoms with Gasteiger partial charge >= 0.3 is 0 Å². The largest absolute Gasteiger partial charge is 0.309 e. The van der Waals surface area contributed by atoms with E-state index in [9.17, 15) is 0 Å². The van der Waals surface area contributed by atoms with Gasteiger partial charge in [0, 0.05) is 24.7 Å². The molecule has 0 aromatic rings. The number of piperazine rings is 1. The first-order chi connectivity index (χ1) is 6.55. The summed E-state index contributed by atoms with van der Waals surface area (Å²) in [5, 5.41) is 3.58. The predicted molar refractivity (Wildman–Crippen MR) is 66.1 cm³/mol. The third-order valence-corrected chi connectivity index (χ3v) is 3.59. The molecule has 1 N–H and O–H groups in total. The van der Waals surface area contributed by atoms with E-state index in [4.69, 9.17) is 0 Å². The molecule has 0 radical (unpaired) electrons. The number of nitrogens with one attached hydrogen (secondary N) is 1. The molecule has 0 amide bonds. The first kappa shape index (κ1) is 12.3. The molecule has 1 fully saturated rings. The van der Waals surface area contributed by atoms with E-state index in [0.29, 0.717) is 11.6 Å². The third kappa shape index (κ3) is 3.79. The minimum absolute atomic E-state index is 0.297. The Balaban J connectivity index is 2.33. The van der Waals surface area contributed by atoms with Crippen molar-refractivity contribution in [2.75, 3.05) is 31.6 Å². The van der Waals surface area contributed by atoms with Crippen molar-refractivity contribution in [2.45, 2.75) is 38.8 Å². The molecule has 0 bridgehead atoms. The highest BCUT2D eigenvalue weighted by molar-refractivity contribution is 7.98. The first-order valence-corrected chi connectivity index (χ1v) is 6.92. The van der Waals surface area contributed by atoms with Crippen molar-refractivity contribution in [3.8, 4) is 0 Å². The number of nitrogens with zero attached hydrogens (tertiary/aromatic N) is 1. The van der Waals surface area contributed by atoms with Gasteiger partial charge in [0.15, 0.2) is 0 Å². The fourth-order valence-electron chi connectivity index (χ4n) is 1.98. The Labute approximate surface area is 92.8 Å². The van der Waals surface area contributed by atoms with Gasteiger partial charge in [-0.15, -0.1) is 0 Å². The summed E-state index contributed by atoms with van der Waals surface area (Å²) in [7, 11) is 0. The Morgan fingerprint density at radius 3 is 2.86 bits per heavy atom. The monoisotopic (exact) mass is 216 g/mol. The summed E-state index contributed by atoms with van der Waals surface area (Å²) in [4.78, 5) is 2.62. The van der Waals surface area contributed by atoms with Gasteiger partial charge in [-0.3, -0.25) is 4.90 Å². The molecule has 1 unspecified atom stereocenters. The first-order valence-electron chi connectivity index (χ1n) is 5.53. The van der Waals surface area contributed by atoms with Gasteiger partial charge in [0.2, 0.25) is 0 Å². The fourth-order valence-corrected chi connectivity index (χ4v) is 2.40. The van der Waals surface area contributed by atoms with E-state index in [1.54, 1.807) is 0 Å². The molecule has 14 heavy (non-hydrogen) atoms. The predicted octanol–water partition coefficient (Wildman–Crippen LogP) is 1.81. The molecule has 1 saturated heterocycles. The second kappa shape index (κ2) is 5.38. The average molecular weight is 216 g/mol. The Morgan fingerprint density at radius 1 is 1.50 bits per heavy atom. The SMILES string of the molecule is CSCCCN1CC(C)(C)NCC1C. The molecule has 1 rings (SSSR count). The van der Waals surface area contributed by atoms with Crippen LogP contribution in [0.25, 0.3) is 0 Å². The van der Waals surface area contributed by atoms with Crippen LogP contribution in [0.2, 0.25) is 0 Å². The molecule has 1 heterocycles. The maximum Gasteiger partial charge on any atom is 0.0252 e. The van der Waals surface area contributed by atoms with E-state index in [1.165, 1.54) is 25.3 Å². The molecule has 0 spiro atoms. The molecule has 3 heteroatoms. The van der Waals surface area contributed by atoms with Gasteiger partial charge in [-0.2, -0.15) is 11.8 Å². The normalized spacial score (nSPS) is 27.9. The van der Waals surface area contributed by atoms with Crippen molar-refractivity contribution in [2.24, 2.45) is 0 Å². The Hall–Kier alpha value is 0.270. The van der Waals surface area contributed by atoms with E-state index < -0.39 is 0 Å². The van der Waals surface area contributed by atoms with Crippen LogP contribution in [0.1, 0.15) is 27.2 Å². The van der Waals surface area contributed by atoms with Crippen LogP contribution in [0.3, 0.4) is 0 Å². The lowest BCUT2D eigenvalue weighted by molar-refractivity contribution is 0.105. The van der Waals surface area contributed by atoms with Gasteiger partial charge in [0.1, 0.15) is 0 Å². The minimum Gasteiger partial charge on any atom is -0.309 e. The summed E-state index contributed by atoms with van der Waals surface area (Å²) in [5.41, 5.74) is 0.297. The summed E-state index contributed by atoms with van der Waals surface area (Å²) in [6.45, 7) is 10.5. The average Bonchev–Trinajstić information content (AvgIpc) is 2.11. The molecule has 0 aromatic heterocycles. The van der Waals surface area contributed by atoms with Gasteiger partial charge in [0.05, 0.1) is 0 Å². The fraction of sp³-hybridized carbons (Fsp3) is 1.00. The van der Waals surface area contributed by atoms with Crippen LogP contribution in [-0.2, 0) is 0 Å². The van der Waals surface area contributed by atoms with Crippen molar-refractivity contribution in [3.05, 3.63) is 0 Å². The molecular formula is C11H24N2S. The van der Waals surface area contributed by atoms with Gasteiger partial charge in [-0.05, 0) is 45.7 Å². The molecule has 0 aromatic carbocycles. The van der Waals surface area contributed by atoms with Crippen molar-refractivity contribution < 1.29 is 0 Å². The lowest BCUT2D eigenvalue weighted by Crippen LogP contribution is -2.60. The van der Waals surface area contributed by atoms with Crippen molar-refractivity contribution in [3.63, 3.8) is 0 Å². The zero-order valence-corrected chi connectivity index (χ0v) is 10.8. The maximum atomic E-state index is 3.58. The zero-order chi connectivity index (χ0) is 10.6. The van der Waals surface area contributed by atoms with Crippen LogP contribution in [0, 0.1) is 0 Å². The molecule has 0 saturated carbocycles. The van der Waals surface area contributed by atoms with Crippen molar-refractivity contribution >= 4 is 11.8 Å². The summed E-state index contributed by atoms with van der Waals surface area (Å²) in [6.07, 6.45) is 3.51. The van der Waals surface area contributed by atoms with Crippen LogP contribution < -0.4 is 5.32 Å². The highest BCUT2D eigenvalue weighted by Crippen LogP contribution is 2.15. The molecule has 84 valence electrons. The second-order valence-electron chi connectivity index (χ2n) is 4.93. The summed E-state index contributed by atoms with van der Waals surface area (Å²) in [6, 6.07) is 0.699. The van der Waals surface area contributed by atoms with Crippen LogP contribution in [0.5, 0.6) is 0 Å². The number of hydrogen-bond acceptors (Lipinski definition) is 3. The van der Waals surface area contributed by atoms with E-state index in [1.807, 2.05) is 11.8 Å². The third-order valence-electron chi connectivity index (χ3n) is 2.89. The Morgan fingerprint density at radius 2 is 2.21 bits per heavy atom. The maximum absolute atomic E-state index is 3.58. The van der Waals surface area contributed by atoms with E-state index in [-0.39, 0.29) is 0 Å². The number of hydrogen-bond donors (Lipinski definition) is 1. The second-order valence-corrected chi connectivity index (χ2v) is 5.92. The van der Waals surface area contributed by atoms with E-state index >= 15 is 0 Å². The number of rotatable bonds is 4. The highest BCUT2D eigenvalue weighted by atomic mass is 32.2. The summed E-state index contributed by atoms with van der Waals surface area (Å²) >= 11 is 1.95. The lowest BCUT2D eigenvalue weighted by Gasteiger charge is -2.43. The molecular weight excluding hydrogens is 192 g/mol. The molecule has 1 aliphatic rings. The van der Waals surface area contributed by atoms with Crippen molar-refractivity contribution in [1.29, 1.82) is 0 Å². The van der Waals surface area contributed by atoms with Crippen molar-refractivity contribution in [1.82, 2.24) is 10.2 Å². The quantitative estimate of drug-likeness (QED) is 0.722. The molecule has 2 nitrogen and oxygen atoms in total. The van der Waals surface area contributed by atoms with E-state index in [2.05, 4.69) is 37.2 Å². The highest BCUT2D eigenvalue weighted by Gasteiger charge is 2.29. The van der Waals surface area contributed by atoms with Crippen LogP contribution in [0.4, 0.5) is 0 Å². The molecule has 1 atom stereocenters. The van der Waals surface area contributed by atoms with Gasteiger partial charge in [-0.25, -0.2) is 0 Å². The summed E-state index contributed by atoms with van der Waals surface area (Å²) in [5.74, 6) is 1.29. The lowest BCUT2D eigenvalue weighted by atomic mass is 9.99. The Kier molecular flexibility index (Phi) is 4.74. The standard InChI is InChI=1S/C11H24N2S/c1-10-8-12-11(2,3)9-13(10)6-5-7-14-4/h10,12H,5-9H2,1-4H3. The molecule has 0 aliphatic carbocycles. The van der Waals surface area contributed by atoms with Gasteiger partial charge in [-0.1, -0.05) is 0 Å².